The molecule has 9 rings (SSSR count). The smallest absolute Gasteiger partial charge is 0.263 e. The summed E-state index contributed by atoms with van der Waals surface area (Å²) in [5.41, 5.74) is 2.67. The number of carbonyl (C=O) groups is 5. The van der Waals surface area contributed by atoms with Gasteiger partial charge in [0.2, 0.25) is 29.5 Å². The monoisotopic (exact) mass is 1040 g/mol. The third kappa shape index (κ3) is 12.2. The fourth-order valence-corrected chi connectivity index (χ4v) is 12.0. The molecule has 19 nitrogen and oxygen atoms in total. The summed E-state index contributed by atoms with van der Waals surface area (Å²) in [5.74, 6) is 0.710. The van der Waals surface area contributed by atoms with Crippen molar-refractivity contribution in [2.75, 3.05) is 69.8 Å². The number of thiazole rings is 1. The van der Waals surface area contributed by atoms with Gasteiger partial charge in [-0.1, -0.05) is 44.2 Å². The van der Waals surface area contributed by atoms with Crippen molar-refractivity contribution in [3.05, 3.63) is 91.9 Å². The number of hydrogen-bond donors (Lipinski definition) is 3. The minimum atomic E-state index is -0.594. The van der Waals surface area contributed by atoms with Crippen LogP contribution in [-0.2, 0) is 19.1 Å². The fourth-order valence-electron chi connectivity index (χ4n) is 11.1. The first-order valence-corrected chi connectivity index (χ1v) is 27.5. The Hall–Kier alpha value is -6.64. The molecule has 3 atom stereocenters. The maximum Gasteiger partial charge on any atom is 0.263 e. The highest BCUT2D eigenvalue weighted by molar-refractivity contribution is 7.10. The first kappa shape index (κ1) is 53.2. The number of aryl methyl sites for hydroxylation is 1. The van der Waals surface area contributed by atoms with E-state index in [9.17, 15) is 28.8 Å². The van der Waals surface area contributed by atoms with Gasteiger partial charge in [0.05, 0.1) is 49.2 Å². The van der Waals surface area contributed by atoms with Crippen LogP contribution in [0.4, 0.5) is 17.5 Å². The standard InChI is InChI=1S/C55H69N11O8S/c1-34-42-32-58-55(62-50(42)66(39-15-8-9-16-39)53(71)47(34)36(3)67)60-45-20-19-40(31-57-45)63-23-25-64(26-24-63)46(68)21-27-73-28-29-74-41-17-10-14-38(30-41)49(69)43-33-75-52(59-43)44-18-11-22-65(44)54(72)48(37-12-6-5-7-13-37)61-51(70)35(2)56-4/h10,14,17,19-20,30-33,35,37,39,44,48,56H,5-9,11-13,15-16,18,21-29H2,1-4H3,(H,61,70)(H,57,58,60,62)/t35-,44-,48-/m0/s1. The van der Waals surface area contributed by atoms with Gasteiger partial charge in [-0.2, -0.15) is 4.98 Å². The molecule has 2 aliphatic heterocycles. The van der Waals surface area contributed by atoms with Gasteiger partial charge in [0.15, 0.2) is 5.78 Å². The summed E-state index contributed by atoms with van der Waals surface area (Å²) in [6.45, 7) is 8.73. The number of ether oxygens (including phenoxy) is 2. The van der Waals surface area contributed by atoms with Crippen molar-refractivity contribution < 1.29 is 33.4 Å². The van der Waals surface area contributed by atoms with Crippen LogP contribution < -0.4 is 31.1 Å². The Labute approximate surface area is 441 Å². The third-order valence-corrected chi connectivity index (χ3v) is 16.3. The normalized spacial score (nSPS) is 18.3. The van der Waals surface area contributed by atoms with Crippen molar-refractivity contribution in [2.45, 2.75) is 122 Å². The van der Waals surface area contributed by atoms with E-state index >= 15 is 0 Å². The summed E-state index contributed by atoms with van der Waals surface area (Å²) in [6.07, 6.45) is 14.0. The van der Waals surface area contributed by atoms with E-state index < -0.39 is 12.1 Å². The Morgan fingerprint density at radius 2 is 1.63 bits per heavy atom. The minimum absolute atomic E-state index is 0.0166. The fraction of sp³-hybridized carbons (Fsp3) is 0.527. The second-order valence-corrected chi connectivity index (χ2v) is 21.1. The highest BCUT2D eigenvalue weighted by Gasteiger charge is 2.40. The van der Waals surface area contributed by atoms with Crippen molar-refractivity contribution in [1.29, 1.82) is 0 Å². The summed E-state index contributed by atoms with van der Waals surface area (Å²) in [5, 5.41) is 12.4. The zero-order valence-electron chi connectivity index (χ0n) is 43.5. The first-order chi connectivity index (χ1) is 36.4. The second-order valence-electron chi connectivity index (χ2n) is 20.2. The Morgan fingerprint density at radius 3 is 2.36 bits per heavy atom. The van der Waals surface area contributed by atoms with Crippen LogP contribution in [0.25, 0.3) is 11.0 Å². The van der Waals surface area contributed by atoms with Crippen LogP contribution in [0.5, 0.6) is 5.75 Å². The SMILES string of the molecule is CN[C@@H](C)C(=O)N[C@H](C(=O)N1CCC[C@H]1c1nc(C(=O)c2cccc(OCCOCCC(=O)N3CCN(c4ccc(Nc5ncc6c(C)c(C(C)=O)c(=O)n(C7CCCC7)c6n5)nc4)CC3)c2)cs1)C1CCCCC1. The van der Waals surface area contributed by atoms with Crippen LogP contribution in [0.15, 0.2) is 59.0 Å². The largest absolute Gasteiger partial charge is 0.491 e. The lowest BCUT2D eigenvalue weighted by Gasteiger charge is -2.36. The highest BCUT2D eigenvalue weighted by atomic mass is 32.1. The quantitative estimate of drug-likeness (QED) is 0.0544. The number of nitrogens with one attached hydrogen (secondary N) is 3. The molecule has 0 bridgehead atoms. The average molecular weight is 1040 g/mol. The Balaban J connectivity index is 0.703. The number of Topliss-reactive ketones (excluding diaryl/α,β-unsaturated/α-hetero) is 1. The first-order valence-electron chi connectivity index (χ1n) is 26.7. The van der Waals surface area contributed by atoms with E-state index in [0.29, 0.717) is 83.1 Å². The van der Waals surface area contributed by atoms with Gasteiger partial charge in [-0.15, -0.1) is 11.3 Å². The summed E-state index contributed by atoms with van der Waals surface area (Å²) >= 11 is 1.38. The van der Waals surface area contributed by atoms with E-state index in [4.69, 9.17) is 19.4 Å². The molecule has 3 N–H and O–H groups in total. The topological polar surface area (TPSA) is 223 Å². The molecule has 75 heavy (non-hydrogen) atoms. The molecule has 6 heterocycles. The van der Waals surface area contributed by atoms with E-state index in [0.717, 1.165) is 76.3 Å². The molecule has 2 saturated carbocycles. The highest BCUT2D eigenvalue weighted by Crippen LogP contribution is 2.37. The summed E-state index contributed by atoms with van der Waals surface area (Å²) in [7, 11) is 1.73. The number of likely N-dealkylation sites (N-methyl/N-ethyl adjacent to an activating group) is 1. The Kier molecular flexibility index (Phi) is 17.3. The molecule has 1 aromatic carbocycles. The molecular weight excluding hydrogens is 975 g/mol. The number of amides is 3. The zero-order valence-corrected chi connectivity index (χ0v) is 44.3. The van der Waals surface area contributed by atoms with Crippen LogP contribution in [0, 0.1) is 12.8 Å². The lowest BCUT2D eigenvalue weighted by atomic mass is 9.83. The maximum absolute atomic E-state index is 14.2. The summed E-state index contributed by atoms with van der Waals surface area (Å²) in [6, 6.07) is 9.48. The number of likely N-dealkylation sites (tertiary alicyclic amines) is 1. The molecule has 4 aliphatic rings. The minimum Gasteiger partial charge on any atom is -0.491 e. The number of rotatable bonds is 20. The van der Waals surface area contributed by atoms with Crippen molar-refractivity contribution in [3.8, 4) is 5.75 Å². The molecule has 3 amide bonds. The third-order valence-electron chi connectivity index (χ3n) is 15.4. The number of pyridine rings is 2. The van der Waals surface area contributed by atoms with E-state index in [2.05, 4.69) is 30.8 Å². The van der Waals surface area contributed by atoms with E-state index in [-0.39, 0.29) is 84.7 Å². The van der Waals surface area contributed by atoms with Crippen LogP contribution in [-0.4, -0.2) is 135 Å². The number of hydrogen-bond acceptors (Lipinski definition) is 16. The molecule has 4 fully saturated rings. The second kappa shape index (κ2) is 24.4. The predicted octanol–water partition coefficient (Wildman–Crippen LogP) is 6.71. The molecule has 398 valence electrons. The van der Waals surface area contributed by atoms with Crippen LogP contribution in [0.1, 0.15) is 140 Å². The van der Waals surface area contributed by atoms with Crippen molar-refractivity contribution in [2.24, 2.45) is 5.92 Å². The van der Waals surface area contributed by atoms with Gasteiger partial charge in [-0.25, -0.2) is 15.0 Å². The molecule has 4 aromatic heterocycles. The van der Waals surface area contributed by atoms with Crippen molar-refractivity contribution >= 4 is 69.1 Å². The molecule has 5 aromatic rings. The maximum atomic E-state index is 14.2. The zero-order chi connectivity index (χ0) is 52.6. The van der Waals surface area contributed by atoms with Gasteiger partial charge in [0.25, 0.3) is 5.56 Å². The Bertz CT molecular complexity index is 2930. The van der Waals surface area contributed by atoms with Crippen LogP contribution in [0.3, 0.4) is 0 Å². The summed E-state index contributed by atoms with van der Waals surface area (Å²) < 4.78 is 13.4. The lowest BCUT2D eigenvalue weighted by Crippen LogP contribution is -2.55. The van der Waals surface area contributed by atoms with Gasteiger partial charge in [0, 0.05) is 61.3 Å². The average Bonchev–Trinajstić information content (AvgIpc) is 4.26. The van der Waals surface area contributed by atoms with Crippen LogP contribution in [0.2, 0.25) is 0 Å². The van der Waals surface area contributed by atoms with Crippen molar-refractivity contribution in [3.63, 3.8) is 0 Å². The number of anilines is 3. The number of carbonyl (C=O) groups excluding carboxylic acids is 5. The lowest BCUT2D eigenvalue weighted by molar-refractivity contribution is -0.139. The number of ketones is 2. The van der Waals surface area contributed by atoms with Crippen molar-refractivity contribution in [1.82, 2.24) is 44.9 Å². The number of aromatic nitrogens is 5. The van der Waals surface area contributed by atoms with Gasteiger partial charge >= 0.3 is 0 Å². The number of fused-ring (bicyclic) bond motifs is 1. The van der Waals surface area contributed by atoms with Gasteiger partial charge in [-0.05, 0) is 102 Å². The van der Waals surface area contributed by atoms with Gasteiger partial charge in [-0.3, -0.25) is 33.3 Å². The predicted molar refractivity (Wildman–Crippen MR) is 286 cm³/mol. The molecular formula is C55H69N11O8S. The van der Waals surface area contributed by atoms with Gasteiger partial charge < -0.3 is 40.1 Å². The molecule has 2 saturated heterocycles. The molecule has 0 unspecified atom stereocenters. The summed E-state index contributed by atoms with van der Waals surface area (Å²) in [4.78, 5) is 105. The molecule has 0 spiro atoms. The van der Waals surface area contributed by atoms with Gasteiger partial charge in [0.1, 0.15) is 40.6 Å². The van der Waals surface area contributed by atoms with E-state index in [1.807, 2.05) is 21.9 Å². The number of piperazine rings is 1. The van der Waals surface area contributed by atoms with E-state index in [1.54, 1.807) is 67.5 Å². The number of nitrogens with zero attached hydrogens (tertiary/aromatic N) is 8. The van der Waals surface area contributed by atoms with Crippen LogP contribution >= 0.6 is 11.3 Å². The number of benzene rings is 1. The molecule has 0 radical (unpaired) electrons. The van der Waals surface area contributed by atoms with E-state index in [1.165, 1.54) is 18.3 Å². The Morgan fingerprint density at radius 1 is 0.853 bits per heavy atom. The molecule has 20 heteroatoms. The molecule has 2 aliphatic carbocycles.